The van der Waals surface area contributed by atoms with E-state index in [0.717, 1.165) is 6.42 Å². The Bertz CT molecular complexity index is 364. The molecule has 2 bridgehead atoms. The topological polar surface area (TPSA) is 33.1 Å². The van der Waals surface area contributed by atoms with Gasteiger partial charge in [-0.15, -0.1) is 0 Å². The summed E-state index contributed by atoms with van der Waals surface area (Å²) in [5.41, 5.74) is 1.24. The molecule has 2 saturated carbocycles. The summed E-state index contributed by atoms with van der Waals surface area (Å²) in [7, 11) is 0. The zero-order valence-corrected chi connectivity index (χ0v) is 9.19. The molecule has 0 spiro atoms. The molecule has 4 atom stereocenters. The van der Waals surface area contributed by atoms with Gasteiger partial charge in [-0.3, -0.25) is 0 Å². The second-order valence-electron chi connectivity index (χ2n) is 4.75. The van der Waals surface area contributed by atoms with Crippen LogP contribution in [0.3, 0.4) is 0 Å². The molecule has 0 aromatic carbocycles. The molecule has 3 heteroatoms. The van der Waals surface area contributed by atoms with Gasteiger partial charge in [-0.05, 0) is 48.6 Å². The molecule has 1 heterocycles. The van der Waals surface area contributed by atoms with Gasteiger partial charge in [-0.2, -0.15) is 0 Å². The fourth-order valence-corrected chi connectivity index (χ4v) is 3.40. The minimum atomic E-state index is -0.0781. The third-order valence-electron chi connectivity index (χ3n) is 4.04. The Hall–Kier alpha value is -0.600. The van der Waals surface area contributed by atoms with Crippen molar-refractivity contribution in [3.8, 4) is 0 Å². The number of halogens is 1. The SMILES string of the molecule is O[C@H]1[C@H]2CC[C@@H]1[C@@H](c1ccc(Cl)nc1)C2. The van der Waals surface area contributed by atoms with E-state index in [1.807, 2.05) is 18.3 Å². The molecule has 0 amide bonds. The summed E-state index contributed by atoms with van der Waals surface area (Å²) < 4.78 is 0. The average molecular weight is 224 g/mol. The lowest BCUT2D eigenvalue weighted by Crippen LogP contribution is -2.14. The van der Waals surface area contributed by atoms with E-state index in [9.17, 15) is 5.11 Å². The van der Waals surface area contributed by atoms with E-state index in [4.69, 9.17) is 11.6 Å². The summed E-state index contributed by atoms with van der Waals surface area (Å²) >= 11 is 5.77. The first kappa shape index (κ1) is 9.61. The average Bonchev–Trinajstić information content (AvgIpc) is 2.75. The molecule has 2 aliphatic carbocycles. The van der Waals surface area contributed by atoms with E-state index >= 15 is 0 Å². The molecule has 3 rings (SSSR count). The molecule has 0 unspecified atom stereocenters. The van der Waals surface area contributed by atoms with Crippen molar-refractivity contribution >= 4 is 11.6 Å². The van der Waals surface area contributed by atoms with E-state index in [-0.39, 0.29) is 6.10 Å². The summed E-state index contributed by atoms with van der Waals surface area (Å²) in [6, 6.07) is 3.89. The number of aliphatic hydroxyl groups excluding tert-OH is 1. The molecule has 0 aliphatic heterocycles. The predicted molar refractivity (Wildman–Crippen MR) is 58.8 cm³/mol. The van der Waals surface area contributed by atoms with Crippen molar-refractivity contribution in [3.63, 3.8) is 0 Å². The zero-order valence-electron chi connectivity index (χ0n) is 8.44. The molecule has 15 heavy (non-hydrogen) atoms. The lowest BCUT2D eigenvalue weighted by atomic mass is 9.84. The smallest absolute Gasteiger partial charge is 0.129 e. The lowest BCUT2D eigenvalue weighted by Gasteiger charge is -2.21. The van der Waals surface area contributed by atoms with Crippen LogP contribution in [0, 0.1) is 11.8 Å². The minimum Gasteiger partial charge on any atom is -0.393 e. The molecule has 80 valence electrons. The Balaban J connectivity index is 1.87. The molecule has 2 aliphatic rings. The normalized spacial score (nSPS) is 38.5. The van der Waals surface area contributed by atoms with Gasteiger partial charge in [0.25, 0.3) is 0 Å². The predicted octanol–water partition coefficient (Wildman–Crippen LogP) is 2.61. The van der Waals surface area contributed by atoms with Gasteiger partial charge in [0.2, 0.25) is 0 Å². The van der Waals surface area contributed by atoms with Gasteiger partial charge in [0.15, 0.2) is 0 Å². The van der Waals surface area contributed by atoms with Crippen LogP contribution in [0.4, 0.5) is 0 Å². The van der Waals surface area contributed by atoms with Crippen molar-refractivity contribution < 1.29 is 5.11 Å². The van der Waals surface area contributed by atoms with Crippen LogP contribution in [-0.4, -0.2) is 16.2 Å². The Morgan fingerprint density at radius 1 is 1.33 bits per heavy atom. The van der Waals surface area contributed by atoms with Crippen LogP contribution in [-0.2, 0) is 0 Å². The highest BCUT2D eigenvalue weighted by molar-refractivity contribution is 6.29. The monoisotopic (exact) mass is 223 g/mol. The molecule has 0 saturated heterocycles. The number of aromatic nitrogens is 1. The first-order valence-electron chi connectivity index (χ1n) is 5.55. The van der Waals surface area contributed by atoms with Gasteiger partial charge >= 0.3 is 0 Å². The second-order valence-corrected chi connectivity index (χ2v) is 5.14. The third-order valence-corrected chi connectivity index (χ3v) is 4.27. The molecule has 1 aromatic heterocycles. The maximum absolute atomic E-state index is 9.97. The van der Waals surface area contributed by atoms with Gasteiger partial charge in [-0.1, -0.05) is 17.7 Å². The van der Waals surface area contributed by atoms with Gasteiger partial charge in [0.05, 0.1) is 6.10 Å². The Morgan fingerprint density at radius 2 is 2.20 bits per heavy atom. The number of hydrogen-bond donors (Lipinski definition) is 1. The summed E-state index contributed by atoms with van der Waals surface area (Å²) in [5.74, 6) is 1.48. The van der Waals surface area contributed by atoms with Crippen molar-refractivity contribution in [2.24, 2.45) is 11.8 Å². The van der Waals surface area contributed by atoms with Crippen molar-refractivity contribution in [2.75, 3.05) is 0 Å². The van der Waals surface area contributed by atoms with Crippen molar-refractivity contribution in [3.05, 3.63) is 29.0 Å². The van der Waals surface area contributed by atoms with Crippen LogP contribution >= 0.6 is 11.6 Å². The van der Waals surface area contributed by atoms with Gasteiger partial charge in [-0.25, -0.2) is 4.98 Å². The second kappa shape index (κ2) is 3.46. The van der Waals surface area contributed by atoms with Crippen LogP contribution in [0.2, 0.25) is 5.15 Å². The zero-order chi connectivity index (χ0) is 10.4. The largest absolute Gasteiger partial charge is 0.393 e. The molecule has 2 nitrogen and oxygen atoms in total. The van der Waals surface area contributed by atoms with E-state index < -0.39 is 0 Å². The van der Waals surface area contributed by atoms with E-state index in [1.165, 1.54) is 18.4 Å². The molecular weight excluding hydrogens is 210 g/mol. The van der Waals surface area contributed by atoms with E-state index in [2.05, 4.69) is 4.98 Å². The number of aliphatic hydroxyl groups is 1. The van der Waals surface area contributed by atoms with Crippen LogP contribution < -0.4 is 0 Å². The standard InChI is InChI=1S/C12H14ClNO/c13-11-4-2-8(6-14-11)10-5-7-1-3-9(10)12(7)15/h2,4,6-7,9-10,12,15H,1,3,5H2/t7-,9+,10+,12-/m0/s1. The van der Waals surface area contributed by atoms with E-state index in [1.54, 1.807) is 0 Å². The highest BCUT2D eigenvalue weighted by Crippen LogP contribution is 2.52. The first-order chi connectivity index (χ1) is 7.25. The van der Waals surface area contributed by atoms with Crippen LogP contribution in [0.1, 0.15) is 30.7 Å². The van der Waals surface area contributed by atoms with Crippen LogP contribution in [0.25, 0.3) is 0 Å². The number of pyridine rings is 1. The quantitative estimate of drug-likeness (QED) is 0.743. The summed E-state index contributed by atoms with van der Waals surface area (Å²) in [4.78, 5) is 4.12. The minimum absolute atomic E-state index is 0.0781. The van der Waals surface area contributed by atoms with Crippen molar-refractivity contribution in [1.29, 1.82) is 0 Å². The number of fused-ring (bicyclic) bond motifs is 2. The number of nitrogens with zero attached hydrogens (tertiary/aromatic N) is 1. The van der Waals surface area contributed by atoms with Gasteiger partial charge in [0, 0.05) is 6.20 Å². The number of hydrogen-bond acceptors (Lipinski definition) is 2. The fraction of sp³-hybridized carbons (Fsp3) is 0.583. The first-order valence-corrected chi connectivity index (χ1v) is 5.93. The summed E-state index contributed by atoms with van der Waals surface area (Å²) in [6.07, 6.45) is 5.27. The van der Waals surface area contributed by atoms with Crippen molar-refractivity contribution in [2.45, 2.75) is 31.3 Å². The summed E-state index contributed by atoms with van der Waals surface area (Å²) in [5, 5.41) is 10.5. The highest BCUT2D eigenvalue weighted by Gasteiger charge is 2.47. The Kier molecular flexibility index (Phi) is 2.22. The molecule has 1 aromatic rings. The molecule has 1 N–H and O–H groups in total. The molecular formula is C12H14ClNO. The Morgan fingerprint density at radius 3 is 2.73 bits per heavy atom. The lowest BCUT2D eigenvalue weighted by molar-refractivity contribution is 0.126. The highest BCUT2D eigenvalue weighted by atomic mass is 35.5. The van der Waals surface area contributed by atoms with Crippen LogP contribution in [0.15, 0.2) is 18.3 Å². The summed E-state index contributed by atoms with van der Waals surface area (Å²) in [6.45, 7) is 0. The van der Waals surface area contributed by atoms with Crippen LogP contribution in [0.5, 0.6) is 0 Å². The Labute approximate surface area is 94.3 Å². The third kappa shape index (κ3) is 1.47. The van der Waals surface area contributed by atoms with Gasteiger partial charge < -0.3 is 5.11 Å². The van der Waals surface area contributed by atoms with Crippen molar-refractivity contribution in [1.82, 2.24) is 4.98 Å². The fourth-order valence-electron chi connectivity index (χ4n) is 3.28. The molecule has 2 fully saturated rings. The van der Waals surface area contributed by atoms with Gasteiger partial charge in [0.1, 0.15) is 5.15 Å². The molecule has 0 radical (unpaired) electrons. The maximum Gasteiger partial charge on any atom is 0.129 e. The maximum atomic E-state index is 9.97. The van der Waals surface area contributed by atoms with E-state index in [0.29, 0.717) is 22.9 Å². The number of rotatable bonds is 1.